The standard InChI is InChI=1S/C13H12F3NO/c1-7(2)17-11-5-4-9(13(14,15)16)6-10(11)8(3)12(17)18/h4-7H,3H2,1-2H3. The lowest BCUT2D eigenvalue weighted by molar-refractivity contribution is -0.137. The van der Waals surface area contributed by atoms with Crippen LogP contribution in [-0.2, 0) is 11.0 Å². The Bertz CT molecular complexity index is 532. The van der Waals surface area contributed by atoms with Crippen LogP contribution < -0.4 is 4.90 Å². The fourth-order valence-corrected chi connectivity index (χ4v) is 2.05. The van der Waals surface area contributed by atoms with Gasteiger partial charge in [0.1, 0.15) is 0 Å². The van der Waals surface area contributed by atoms with Crippen molar-refractivity contribution in [3.05, 3.63) is 35.9 Å². The molecule has 0 aromatic heterocycles. The van der Waals surface area contributed by atoms with Crippen LogP contribution in [0.2, 0.25) is 0 Å². The van der Waals surface area contributed by atoms with Gasteiger partial charge in [-0.3, -0.25) is 4.79 Å². The van der Waals surface area contributed by atoms with E-state index in [9.17, 15) is 18.0 Å². The molecule has 96 valence electrons. The molecular formula is C13H12F3NO. The zero-order chi connectivity index (χ0) is 13.7. The second kappa shape index (κ2) is 3.86. The average Bonchev–Trinajstić information content (AvgIpc) is 2.50. The molecule has 0 spiro atoms. The summed E-state index contributed by atoms with van der Waals surface area (Å²) in [6.45, 7) is 7.18. The van der Waals surface area contributed by atoms with Crippen molar-refractivity contribution in [1.82, 2.24) is 0 Å². The van der Waals surface area contributed by atoms with Gasteiger partial charge in [-0.2, -0.15) is 13.2 Å². The third kappa shape index (κ3) is 1.79. The number of hydrogen-bond donors (Lipinski definition) is 0. The van der Waals surface area contributed by atoms with E-state index in [0.29, 0.717) is 5.69 Å². The second-order valence-corrected chi connectivity index (χ2v) is 4.48. The van der Waals surface area contributed by atoms with Crippen molar-refractivity contribution in [3.8, 4) is 0 Å². The Morgan fingerprint density at radius 1 is 1.28 bits per heavy atom. The molecule has 0 saturated carbocycles. The number of hydrogen-bond acceptors (Lipinski definition) is 1. The third-order valence-corrected chi connectivity index (χ3v) is 2.90. The molecular weight excluding hydrogens is 243 g/mol. The van der Waals surface area contributed by atoms with E-state index < -0.39 is 11.7 Å². The fraction of sp³-hybridized carbons (Fsp3) is 0.308. The zero-order valence-electron chi connectivity index (χ0n) is 10.0. The molecule has 0 radical (unpaired) electrons. The zero-order valence-corrected chi connectivity index (χ0v) is 10.0. The molecule has 0 aliphatic carbocycles. The number of alkyl halides is 3. The van der Waals surface area contributed by atoms with Gasteiger partial charge in [-0.1, -0.05) is 6.58 Å². The van der Waals surface area contributed by atoms with Crippen molar-refractivity contribution in [2.45, 2.75) is 26.1 Å². The van der Waals surface area contributed by atoms with Crippen LogP contribution in [0.5, 0.6) is 0 Å². The molecule has 0 fully saturated rings. The monoisotopic (exact) mass is 255 g/mol. The van der Waals surface area contributed by atoms with Gasteiger partial charge >= 0.3 is 6.18 Å². The number of carbonyl (C=O) groups excluding carboxylic acids is 1. The first kappa shape index (κ1) is 12.7. The minimum absolute atomic E-state index is 0.116. The molecule has 1 heterocycles. The van der Waals surface area contributed by atoms with E-state index >= 15 is 0 Å². The van der Waals surface area contributed by atoms with Crippen LogP contribution >= 0.6 is 0 Å². The number of amides is 1. The largest absolute Gasteiger partial charge is 0.416 e. The van der Waals surface area contributed by atoms with E-state index in [1.165, 1.54) is 11.0 Å². The summed E-state index contributed by atoms with van der Waals surface area (Å²) >= 11 is 0. The maximum absolute atomic E-state index is 12.6. The predicted molar refractivity (Wildman–Crippen MR) is 63.1 cm³/mol. The number of halogens is 3. The highest BCUT2D eigenvalue weighted by atomic mass is 19.4. The SMILES string of the molecule is C=C1C(=O)N(C(C)C)c2ccc(C(F)(F)F)cc21. The molecule has 1 aliphatic rings. The van der Waals surface area contributed by atoms with E-state index in [4.69, 9.17) is 0 Å². The first-order chi connectivity index (χ1) is 8.23. The number of nitrogens with zero attached hydrogens (tertiary/aromatic N) is 1. The van der Waals surface area contributed by atoms with Crippen LogP contribution in [0.25, 0.3) is 5.57 Å². The summed E-state index contributed by atoms with van der Waals surface area (Å²) in [5.41, 5.74) is 0.113. The first-order valence-corrected chi connectivity index (χ1v) is 5.47. The van der Waals surface area contributed by atoms with Gasteiger partial charge in [0, 0.05) is 17.2 Å². The second-order valence-electron chi connectivity index (χ2n) is 4.48. The van der Waals surface area contributed by atoms with E-state index in [1.807, 2.05) is 0 Å². The fourth-order valence-electron chi connectivity index (χ4n) is 2.05. The average molecular weight is 255 g/mol. The summed E-state index contributed by atoms with van der Waals surface area (Å²) in [5, 5.41) is 0. The van der Waals surface area contributed by atoms with Gasteiger partial charge in [0.05, 0.1) is 11.3 Å². The van der Waals surface area contributed by atoms with E-state index in [1.54, 1.807) is 13.8 Å². The Kier molecular flexibility index (Phi) is 2.72. The Labute approximate surface area is 103 Å². The highest BCUT2D eigenvalue weighted by molar-refractivity contribution is 6.32. The van der Waals surface area contributed by atoms with Gasteiger partial charge in [0.25, 0.3) is 5.91 Å². The number of rotatable bonds is 1. The number of carbonyl (C=O) groups is 1. The molecule has 0 bridgehead atoms. The predicted octanol–water partition coefficient (Wildman–Crippen LogP) is 3.47. The number of fused-ring (bicyclic) bond motifs is 1. The summed E-state index contributed by atoms with van der Waals surface area (Å²) in [5.74, 6) is -0.334. The molecule has 0 atom stereocenters. The summed E-state index contributed by atoms with van der Waals surface area (Å²) in [6.07, 6.45) is -4.41. The van der Waals surface area contributed by atoms with Gasteiger partial charge in [0.2, 0.25) is 0 Å². The van der Waals surface area contributed by atoms with Crippen molar-refractivity contribution < 1.29 is 18.0 Å². The van der Waals surface area contributed by atoms with Crippen LogP contribution in [-0.4, -0.2) is 11.9 Å². The van der Waals surface area contributed by atoms with Crippen molar-refractivity contribution in [2.24, 2.45) is 0 Å². The quantitative estimate of drug-likeness (QED) is 0.703. The molecule has 0 N–H and O–H groups in total. The van der Waals surface area contributed by atoms with Crippen molar-refractivity contribution in [1.29, 1.82) is 0 Å². The molecule has 0 saturated heterocycles. The van der Waals surface area contributed by atoms with Gasteiger partial charge in [-0.15, -0.1) is 0 Å². The Morgan fingerprint density at radius 3 is 2.39 bits per heavy atom. The summed E-state index contributed by atoms with van der Waals surface area (Å²) in [7, 11) is 0. The van der Waals surface area contributed by atoms with Crippen LogP contribution in [0.15, 0.2) is 24.8 Å². The van der Waals surface area contributed by atoms with Crippen molar-refractivity contribution in [3.63, 3.8) is 0 Å². The molecule has 1 aromatic carbocycles. The summed E-state index contributed by atoms with van der Waals surface area (Å²) < 4.78 is 37.8. The minimum atomic E-state index is -4.41. The molecule has 5 heteroatoms. The van der Waals surface area contributed by atoms with Gasteiger partial charge in [-0.25, -0.2) is 0 Å². The van der Waals surface area contributed by atoms with Crippen LogP contribution in [0.1, 0.15) is 25.0 Å². The Balaban J connectivity index is 2.57. The van der Waals surface area contributed by atoms with Crippen molar-refractivity contribution in [2.75, 3.05) is 4.90 Å². The van der Waals surface area contributed by atoms with Gasteiger partial charge < -0.3 is 4.90 Å². The maximum atomic E-state index is 12.6. The normalized spacial score (nSPS) is 15.6. The summed E-state index contributed by atoms with van der Waals surface area (Å²) in [4.78, 5) is 13.4. The lowest BCUT2D eigenvalue weighted by Gasteiger charge is -2.21. The minimum Gasteiger partial charge on any atom is -0.305 e. The maximum Gasteiger partial charge on any atom is 0.416 e. The first-order valence-electron chi connectivity index (χ1n) is 5.47. The molecule has 2 nitrogen and oxygen atoms in total. The van der Waals surface area contributed by atoms with Crippen LogP contribution in [0.4, 0.5) is 18.9 Å². The Morgan fingerprint density at radius 2 is 1.89 bits per heavy atom. The molecule has 0 unspecified atom stereocenters. The van der Waals surface area contributed by atoms with Gasteiger partial charge in [0.15, 0.2) is 0 Å². The Hall–Kier alpha value is -1.78. The molecule has 1 aliphatic heterocycles. The van der Waals surface area contributed by atoms with E-state index in [-0.39, 0.29) is 23.1 Å². The van der Waals surface area contributed by atoms with Crippen molar-refractivity contribution >= 4 is 17.2 Å². The van der Waals surface area contributed by atoms with E-state index in [2.05, 4.69) is 6.58 Å². The highest BCUT2D eigenvalue weighted by Crippen LogP contribution is 2.40. The highest BCUT2D eigenvalue weighted by Gasteiger charge is 2.37. The smallest absolute Gasteiger partial charge is 0.305 e. The summed E-state index contributed by atoms with van der Waals surface area (Å²) in [6, 6.07) is 3.18. The molecule has 1 amide bonds. The third-order valence-electron chi connectivity index (χ3n) is 2.90. The molecule has 1 aromatic rings. The van der Waals surface area contributed by atoms with Crippen LogP contribution in [0.3, 0.4) is 0 Å². The van der Waals surface area contributed by atoms with Gasteiger partial charge in [-0.05, 0) is 32.0 Å². The topological polar surface area (TPSA) is 20.3 Å². The lowest BCUT2D eigenvalue weighted by Crippen LogP contribution is -2.33. The van der Waals surface area contributed by atoms with Crippen LogP contribution in [0, 0.1) is 0 Å². The number of benzene rings is 1. The number of anilines is 1. The molecule has 18 heavy (non-hydrogen) atoms. The lowest BCUT2D eigenvalue weighted by atomic mass is 10.1. The molecule has 2 rings (SSSR count). The van der Waals surface area contributed by atoms with E-state index in [0.717, 1.165) is 12.1 Å².